The van der Waals surface area contributed by atoms with Gasteiger partial charge in [-0.05, 0) is 50.2 Å². The molecule has 2 aliphatic rings. The van der Waals surface area contributed by atoms with Gasteiger partial charge >= 0.3 is 6.03 Å². The van der Waals surface area contributed by atoms with Crippen LogP contribution in [0.25, 0.3) is 0 Å². The van der Waals surface area contributed by atoms with Crippen molar-refractivity contribution < 1.29 is 23.8 Å². The molecule has 8 nitrogen and oxygen atoms in total. The summed E-state index contributed by atoms with van der Waals surface area (Å²) in [5.74, 6) is -0.503. The summed E-state index contributed by atoms with van der Waals surface area (Å²) in [7, 11) is 0. The highest BCUT2D eigenvalue weighted by Gasteiger charge is 2.29. The average molecular weight is 420 g/mol. The van der Waals surface area contributed by atoms with Gasteiger partial charge in [0.2, 0.25) is 5.91 Å². The van der Waals surface area contributed by atoms with Crippen LogP contribution in [0.15, 0.2) is 36.4 Å². The van der Waals surface area contributed by atoms with Crippen molar-refractivity contribution in [2.75, 3.05) is 38.1 Å². The Labute approximate surface area is 175 Å². The molecular weight excluding hydrogens is 391 g/mol. The average Bonchev–Trinajstić information content (AvgIpc) is 3.24. The summed E-state index contributed by atoms with van der Waals surface area (Å²) < 4.78 is 18.7. The topological polar surface area (TPSA) is 103 Å². The van der Waals surface area contributed by atoms with Gasteiger partial charge in [-0.2, -0.15) is 0 Å². The minimum absolute atomic E-state index is 0.110. The summed E-state index contributed by atoms with van der Waals surface area (Å²) in [6.07, 6.45) is 4.89. The number of nitrogens with zero attached hydrogens (tertiary/aromatic N) is 1. The lowest BCUT2D eigenvalue weighted by atomic mass is 10.0. The number of halogens is 1. The Kier molecular flexibility index (Phi) is 8.18. The van der Waals surface area contributed by atoms with Crippen LogP contribution in [0.3, 0.4) is 0 Å². The van der Waals surface area contributed by atoms with Crippen LogP contribution in [0.2, 0.25) is 0 Å². The van der Waals surface area contributed by atoms with E-state index in [9.17, 15) is 19.1 Å². The van der Waals surface area contributed by atoms with Crippen molar-refractivity contribution in [1.82, 2.24) is 15.5 Å². The SMILES string of the molecule is O=C(C[C@H]1C=C[C@H](NC(=O)Nc2ccc(F)cc2)[C@H](CO)O1)NCCN1CCCC1. The molecule has 0 aromatic heterocycles. The zero-order chi connectivity index (χ0) is 21.3. The fraction of sp³-hybridized carbons (Fsp3) is 0.524. The predicted octanol–water partition coefficient (Wildman–Crippen LogP) is 1.23. The quantitative estimate of drug-likeness (QED) is 0.474. The highest BCUT2D eigenvalue weighted by molar-refractivity contribution is 5.89. The van der Waals surface area contributed by atoms with Crippen molar-refractivity contribution in [2.45, 2.75) is 37.5 Å². The number of nitrogens with one attached hydrogen (secondary N) is 3. The fourth-order valence-electron chi connectivity index (χ4n) is 3.60. The maximum Gasteiger partial charge on any atom is 0.319 e. The molecule has 1 aromatic carbocycles. The molecule has 164 valence electrons. The van der Waals surface area contributed by atoms with E-state index in [1.54, 1.807) is 12.2 Å². The summed E-state index contributed by atoms with van der Waals surface area (Å²) in [5.41, 5.74) is 0.443. The van der Waals surface area contributed by atoms with Gasteiger partial charge in [0, 0.05) is 18.8 Å². The second-order valence-electron chi connectivity index (χ2n) is 7.51. The molecule has 0 saturated carbocycles. The molecule has 1 fully saturated rings. The van der Waals surface area contributed by atoms with E-state index >= 15 is 0 Å². The largest absolute Gasteiger partial charge is 0.394 e. The molecular formula is C21H29FN4O4. The molecule has 0 aliphatic carbocycles. The van der Waals surface area contributed by atoms with Crippen LogP contribution in [-0.4, -0.2) is 73.0 Å². The zero-order valence-corrected chi connectivity index (χ0v) is 16.9. The summed E-state index contributed by atoms with van der Waals surface area (Å²) in [4.78, 5) is 26.6. The van der Waals surface area contributed by atoms with Crippen molar-refractivity contribution >= 4 is 17.6 Å². The van der Waals surface area contributed by atoms with Gasteiger partial charge in [-0.1, -0.05) is 12.2 Å². The van der Waals surface area contributed by atoms with Crippen LogP contribution < -0.4 is 16.0 Å². The van der Waals surface area contributed by atoms with Crippen LogP contribution in [0.4, 0.5) is 14.9 Å². The second-order valence-corrected chi connectivity index (χ2v) is 7.51. The van der Waals surface area contributed by atoms with E-state index in [4.69, 9.17) is 4.74 Å². The van der Waals surface area contributed by atoms with E-state index in [2.05, 4.69) is 20.9 Å². The maximum absolute atomic E-state index is 12.9. The summed E-state index contributed by atoms with van der Waals surface area (Å²) >= 11 is 0. The van der Waals surface area contributed by atoms with Crippen LogP contribution in [0, 0.1) is 5.82 Å². The van der Waals surface area contributed by atoms with Crippen molar-refractivity contribution in [3.8, 4) is 0 Å². The molecule has 9 heteroatoms. The van der Waals surface area contributed by atoms with Crippen molar-refractivity contribution in [3.05, 3.63) is 42.2 Å². The Balaban J connectivity index is 1.43. The van der Waals surface area contributed by atoms with E-state index in [1.165, 1.54) is 37.1 Å². The molecule has 2 aliphatic heterocycles. The number of likely N-dealkylation sites (tertiary alicyclic amines) is 1. The Morgan fingerprint density at radius 3 is 2.60 bits per heavy atom. The number of hydrogen-bond acceptors (Lipinski definition) is 5. The Morgan fingerprint density at radius 1 is 1.17 bits per heavy atom. The van der Waals surface area contributed by atoms with Crippen LogP contribution in [0.5, 0.6) is 0 Å². The Bertz CT molecular complexity index is 737. The number of amides is 3. The van der Waals surface area contributed by atoms with Gasteiger partial charge in [-0.3, -0.25) is 4.79 Å². The summed E-state index contributed by atoms with van der Waals surface area (Å²) in [5, 5.41) is 17.8. The number of anilines is 1. The van der Waals surface area contributed by atoms with E-state index in [0.29, 0.717) is 12.2 Å². The van der Waals surface area contributed by atoms with Crippen molar-refractivity contribution in [1.29, 1.82) is 0 Å². The molecule has 2 heterocycles. The van der Waals surface area contributed by atoms with Gasteiger partial charge in [-0.25, -0.2) is 9.18 Å². The Hall–Kier alpha value is -2.49. The number of aliphatic hydroxyl groups excluding tert-OH is 1. The molecule has 0 bridgehead atoms. The molecule has 3 rings (SSSR count). The minimum atomic E-state index is -0.670. The summed E-state index contributed by atoms with van der Waals surface area (Å²) in [6, 6.07) is 4.34. The van der Waals surface area contributed by atoms with E-state index in [1.807, 2.05) is 0 Å². The van der Waals surface area contributed by atoms with Crippen LogP contribution >= 0.6 is 0 Å². The number of rotatable bonds is 8. The predicted molar refractivity (Wildman–Crippen MR) is 111 cm³/mol. The Morgan fingerprint density at radius 2 is 1.90 bits per heavy atom. The number of benzene rings is 1. The fourth-order valence-corrected chi connectivity index (χ4v) is 3.60. The molecule has 0 spiro atoms. The standard InChI is InChI=1S/C21H29FN4O4/c22-15-3-5-16(6-4-15)24-21(29)25-18-8-7-17(30-19(18)14-27)13-20(28)23-9-12-26-10-1-2-11-26/h3-8,17-19,27H,1-2,9-14H2,(H,23,28)(H2,24,25,29)/t17-,18+,19+/m1/s1. The molecule has 3 amide bonds. The number of carbonyl (C=O) groups excluding carboxylic acids is 2. The molecule has 30 heavy (non-hydrogen) atoms. The molecule has 0 unspecified atom stereocenters. The van der Waals surface area contributed by atoms with Gasteiger partial charge in [0.1, 0.15) is 11.9 Å². The first-order chi connectivity index (χ1) is 14.5. The second kappa shape index (κ2) is 11.1. The smallest absolute Gasteiger partial charge is 0.319 e. The zero-order valence-electron chi connectivity index (χ0n) is 16.9. The van der Waals surface area contributed by atoms with E-state index in [-0.39, 0.29) is 18.9 Å². The third kappa shape index (κ3) is 6.79. The number of carbonyl (C=O) groups is 2. The number of urea groups is 1. The first-order valence-electron chi connectivity index (χ1n) is 10.3. The van der Waals surface area contributed by atoms with E-state index < -0.39 is 30.1 Å². The highest BCUT2D eigenvalue weighted by Crippen LogP contribution is 2.16. The van der Waals surface area contributed by atoms with Gasteiger partial charge in [0.25, 0.3) is 0 Å². The normalized spacial score (nSPS) is 23.9. The molecule has 4 N–H and O–H groups in total. The van der Waals surface area contributed by atoms with Crippen molar-refractivity contribution in [3.63, 3.8) is 0 Å². The number of hydrogen-bond donors (Lipinski definition) is 4. The first-order valence-corrected chi connectivity index (χ1v) is 10.3. The first kappa shape index (κ1) is 22.2. The van der Waals surface area contributed by atoms with E-state index in [0.717, 1.165) is 19.6 Å². The number of ether oxygens (including phenoxy) is 1. The third-order valence-corrected chi connectivity index (χ3v) is 5.20. The lowest BCUT2D eigenvalue weighted by Gasteiger charge is -2.31. The highest BCUT2D eigenvalue weighted by atomic mass is 19.1. The molecule has 0 radical (unpaired) electrons. The van der Waals surface area contributed by atoms with Crippen molar-refractivity contribution in [2.24, 2.45) is 0 Å². The molecule has 1 aromatic rings. The molecule has 3 atom stereocenters. The lowest BCUT2D eigenvalue weighted by molar-refractivity contribution is -0.125. The monoisotopic (exact) mass is 420 g/mol. The van der Waals surface area contributed by atoms with Gasteiger partial charge in [-0.15, -0.1) is 0 Å². The lowest BCUT2D eigenvalue weighted by Crippen LogP contribution is -2.50. The summed E-state index contributed by atoms with van der Waals surface area (Å²) in [6.45, 7) is 3.32. The van der Waals surface area contributed by atoms with Gasteiger partial charge in [0.15, 0.2) is 0 Å². The van der Waals surface area contributed by atoms with Gasteiger partial charge < -0.3 is 30.7 Å². The maximum atomic E-state index is 12.9. The van der Waals surface area contributed by atoms with Gasteiger partial charge in [0.05, 0.1) is 25.2 Å². The number of aliphatic hydroxyl groups is 1. The van der Waals surface area contributed by atoms with Crippen LogP contribution in [-0.2, 0) is 9.53 Å². The van der Waals surface area contributed by atoms with Crippen LogP contribution in [0.1, 0.15) is 19.3 Å². The minimum Gasteiger partial charge on any atom is -0.394 e. The molecule has 1 saturated heterocycles. The third-order valence-electron chi connectivity index (χ3n) is 5.20.